The third-order valence-corrected chi connectivity index (χ3v) is 4.60. The molecule has 0 bridgehead atoms. The molecule has 3 nitrogen and oxygen atoms in total. The maximum atomic E-state index is 12.4. The van der Waals surface area contributed by atoms with Crippen molar-refractivity contribution in [3.63, 3.8) is 0 Å². The first-order valence-electron chi connectivity index (χ1n) is 5.07. The van der Waals surface area contributed by atoms with Gasteiger partial charge in [0.25, 0.3) is 6.43 Å². The molecule has 0 aliphatic carbocycles. The first-order chi connectivity index (χ1) is 8.77. The van der Waals surface area contributed by atoms with Crippen LogP contribution in [0.15, 0.2) is 23.1 Å². The van der Waals surface area contributed by atoms with Gasteiger partial charge in [0.2, 0.25) is 10.0 Å². The first-order valence-corrected chi connectivity index (χ1v) is 7.80. The zero-order valence-corrected chi connectivity index (χ0v) is 12.6. The summed E-state index contributed by atoms with van der Waals surface area (Å²) in [6.45, 7) is -1.16. The predicted octanol–water partition coefficient (Wildman–Crippen LogP) is 3.49. The Morgan fingerprint density at radius 1 is 1.16 bits per heavy atom. The van der Waals surface area contributed by atoms with Gasteiger partial charge in [-0.05, 0) is 18.2 Å². The van der Waals surface area contributed by atoms with Crippen LogP contribution in [0.5, 0.6) is 0 Å². The Labute approximate surface area is 125 Å². The molecule has 0 aromatic heterocycles. The minimum Gasteiger partial charge on any atom is -0.209 e. The highest BCUT2D eigenvalue weighted by Gasteiger charge is 2.27. The summed E-state index contributed by atoms with van der Waals surface area (Å²) in [5.74, 6) is -0.0970. The van der Waals surface area contributed by atoms with Crippen molar-refractivity contribution < 1.29 is 17.2 Å². The van der Waals surface area contributed by atoms with Gasteiger partial charge in [0.05, 0.1) is 11.4 Å². The Morgan fingerprint density at radius 3 is 2.11 bits per heavy atom. The van der Waals surface area contributed by atoms with E-state index in [0.29, 0.717) is 4.31 Å². The minimum absolute atomic E-state index is 0.0970. The van der Waals surface area contributed by atoms with E-state index in [9.17, 15) is 17.2 Å². The Kier molecular flexibility index (Phi) is 6.26. The number of nitrogens with zero attached hydrogens (tertiary/aromatic N) is 1. The van der Waals surface area contributed by atoms with Crippen molar-refractivity contribution in [1.29, 1.82) is 0 Å². The second-order valence-corrected chi connectivity index (χ2v) is 6.74. The van der Waals surface area contributed by atoms with Gasteiger partial charge in [-0.1, -0.05) is 23.2 Å². The standard InChI is InChI=1S/C10H10Cl3F2NO2S/c11-1-2-16(6-10(14)15)19(17,18)9-4-7(12)3-8(13)5-9/h3-5,10H,1-2,6H2. The van der Waals surface area contributed by atoms with E-state index in [2.05, 4.69) is 0 Å². The number of halogens is 5. The molecule has 108 valence electrons. The summed E-state index contributed by atoms with van der Waals surface area (Å²) in [5.41, 5.74) is 0. The van der Waals surface area contributed by atoms with Crippen molar-refractivity contribution in [1.82, 2.24) is 4.31 Å². The second kappa shape index (κ2) is 7.04. The first kappa shape index (κ1) is 16.9. The van der Waals surface area contributed by atoms with Crippen LogP contribution in [0, 0.1) is 0 Å². The lowest BCUT2D eigenvalue weighted by molar-refractivity contribution is 0.121. The summed E-state index contributed by atoms with van der Waals surface area (Å²) in [6, 6.07) is 3.64. The highest BCUT2D eigenvalue weighted by atomic mass is 35.5. The van der Waals surface area contributed by atoms with Crippen molar-refractivity contribution in [2.24, 2.45) is 0 Å². The van der Waals surface area contributed by atoms with Crippen molar-refractivity contribution in [2.45, 2.75) is 11.3 Å². The van der Waals surface area contributed by atoms with Gasteiger partial charge < -0.3 is 0 Å². The van der Waals surface area contributed by atoms with E-state index >= 15 is 0 Å². The van der Waals surface area contributed by atoms with E-state index < -0.39 is 23.0 Å². The van der Waals surface area contributed by atoms with Gasteiger partial charge in [0, 0.05) is 22.5 Å². The van der Waals surface area contributed by atoms with E-state index in [0.717, 1.165) is 12.1 Å². The predicted molar refractivity (Wildman–Crippen MR) is 71.9 cm³/mol. The smallest absolute Gasteiger partial charge is 0.209 e. The molecule has 0 fully saturated rings. The van der Waals surface area contributed by atoms with Gasteiger partial charge in [0.1, 0.15) is 0 Å². The van der Waals surface area contributed by atoms with Crippen molar-refractivity contribution in [3.05, 3.63) is 28.2 Å². The van der Waals surface area contributed by atoms with Crippen molar-refractivity contribution in [3.8, 4) is 0 Å². The van der Waals surface area contributed by atoms with Gasteiger partial charge in [-0.2, -0.15) is 4.31 Å². The topological polar surface area (TPSA) is 37.4 Å². The zero-order chi connectivity index (χ0) is 14.6. The monoisotopic (exact) mass is 351 g/mol. The molecular formula is C10H10Cl3F2NO2S. The number of benzene rings is 1. The number of hydrogen-bond donors (Lipinski definition) is 0. The largest absolute Gasteiger partial charge is 0.252 e. The third kappa shape index (κ3) is 4.72. The fourth-order valence-corrected chi connectivity index (χ4v) is 3.83. The molecule has 0 unspecified atom stereocenters. The summed E-state index contributed by atoms with van der Waals surface area (Å²) < 4.78 is 49.8. The van der Waals surface area contributed by atoms with Gasteiger partial charge in [-0.3, -0.25) is 0 Å². The van der Waals surface area contributed by atoms with Crippen molar-refractivity contribution >= 4 is 44.8 Å². The summed E-state index contributed by atoms with van der Waals surface area (Å²) in [5, 5.41) is 0.211. The van der Waals surface area contributed by atoms with Crippen LogP contribution >= 0.6 is 34.8 Å². The maximum Gasteiger partial charge on any atom is 0.252 e. The lowest BCUT2D eigenvalue weighted by Crippen LogP contribution is -2.36. The van der Waals surface area contributed by atoms with Gasteiger partial charge >= 0.3 is 0 Å². The molecule has 0 spiro atoms. The highest BCUT2D eigenvalue weighted by Crippen LogP contribution is 2.25. The molecule has 0 heterocycles. The van der Waals surface area contributed by atoms with Crippen LogP contribution in [0.4, 0.5) is 8.78 Å². The molecule has 0 amide bonds. The zero-order valence-electron chi connectivity index (χ0n) is 9.49. The lowest BCUT2D eigenvalue weighted by Gasteiger charge is -2.21. The second-order valence-electron chi connectivity index (χ2n) is 3.55. The summed E-state index contributed by atoms with van der Waals surface area (Å²) in [6.07, 6.45) is -2.80. The van der Waals surface area contributed by atoms with E-state index in [4.69, 9.17) is 34.8 Å². The van der Waals surface area contributed by atoms with E-state index in [1.165, 1.54) is 6.07 Å². The van der Waals surface area contributed by atoms with Gasteiger partial charge in [-0.15, -0.1) is 11.6 Å². The Morgan fingerprint density at radius 2 is 1.68 bits per heavy atom. The molecule has 0 aliphatic heterocycles. The van der Waals surface area contributed by atoms with Crippen LogP contribution in [-0.4, -0.2) is 38.1 Å². The summed E-state index contributed by atoms with van der Waals surface area (Å²) in [4.78, 5) is -0.240. The molecule has 0 aliphatic rings. The van der Waals surface area contributed by atoms with E-state index in [1.807, 2.05) is 0 Å². The third-order valence-electron chi connectivity index (χ3n) is 2.15. The molecule has 0 saturated heterocycles. The SMILES string of the molecule is O=S(=O)(c1cc(Cl)cc(Cl)c1)N(CCCl)CC(F)F. The number of alkyl halides is 3. The molecule has 0 atom stereocenters. The fourth-order valence-electron chi connectivity index (χ4n) is 1.38. The van der Waals surface area contributed by atoms with Crippen LogP contribution in [0.1, 0.15) is 0 Å². The molecule has 0 saturated carbocycles. The van der Waals surface area contributed by atoms with E-state index in [1.54, 1.807) is 0 Å². The lowest BCUT2D eigenvalue weighted by atomic mass is 10.4. The highest BCUT2D eigenvalue weighted by molar-refractivity contribution is 7.89. The van der Waals surface area contributed by atoms with Crippen molar-refractivity contribution in [2.75, 3.05) is 19.0 Å². The summed E-state index contributed by atoms with van der Waals surface area (Å²) >= 11 is 16.8. The Bertz CT molecular complexity index is 519. The number of rotatable bonds is 6. The molecule has 0 radical (unpaired) electrons. The maximum absolute atomic E-state index is 12.4. The number of hydrogen-bond acceptors (Lipinski definition) is 2. The molecule has 1 aromatic rings. The van der Waals surface area contributed by atoms with Gasteiger partial charge in [-0.25, -0.2) is 17.2 Å². The Balaban J connectivity index is 3.18. The normalized spacial score (nSPS) is 12.4. The fraction of sp³-hybridized carbons (Fsp3) is 0.400. The molecule has 0 N–H and O–H groups in total. The average molecular weight is 353 g/mol. The number of sulfonamides is 1. The van der Waals surface area contributed by atoms with Crippen LogP contribution in [0.2, 0.25) is 10.0 Å². The molecular weight excluding hydrogens is 343 g/mol. The molecule has 9 heteroatoms. The molecule has 19 heavy (non-hydrogen) atoms. The van der Waals surface area contributed by atoms with Crippen LogP contribution in [0.3, 0.4) is 0 Å². The van der Waals surface area contributed by atoms with Crippen LogP contribution < -0.4 is 0 Å². The molecule has 1 rings (SSSR count). The van der Waals surface area contributed by atoms with Gasteiger partial charge in [0.15, 0.2) is 0 Å². The van der Waals surface area contributed by atoms with E-state index in [-0.39, 0.29) is 27.4 Å². The van der Waals surface area contributed by atoms with Crippen LogP contribution in [-0.2, 0) is 10.0 Å². The minimum atomic E-state index is -4.10. The molecule has 1 aromatic carbocycles. The van der Waals surface area contributed by atoms with Crippen LogP contribution in [0.25, 0.3) is 0 Å². The average Bonchev–Trinajstić information content (AvgIpc) is 2.26. The Hall–Kier alpha value is -0.140. The summed E-state index contributed by atoms with van der Waals surface area (Å²) in [7, 11) is -4.10. The quantitative estimate of drug-likeness (QED) is 0.735.